The second-order valence-corrected chi connectivity index (χ2v) is 12.3. The van der Waals surface area contributed by atoms with Crippen molar-refractivity contribution in [2.75, 3.05) is 0 Å². The van der Waals surface area contributed by atoms with Gasteiger partial charge in [0.1, 0.15) is 0 Å². The van der Waals surface area contributed by atoms with Gasteiger partial charge in [-0.3, -0.25) is 0 Å². The van der Waals surface area contributed by atoms with Crippen molar-refractivity contribution in [3.8, 4) is 33.4 Å². The summed E-state index contributed by atoms with van der Waals surface area (Å²) in [6.07, 6.45) is 0. The highest BCUT2D eigenvalue weighted by molar-refractivity contribution is 7.99. The van der Waals surface area contributed by atoms with E-state index < -0.39 is 5.41 Å². The highest BCUT2D eigenvalue weighted by Gasteiger charge is 2.45. The summed E-state index contributed by atoms with van der Waals surface area (Å²) in [5.41, 5.74) is 12.7. The van der Waals surface area contributed by atoms with Crippen molar-refractivity contribution >= 4 is 22.5 Å². The van der Waals surface area contributed by atoms with Gasteiger partial charge < -0.3 is 0 Å². The van der Waals surface area contributed by atoms with Gasteiger partial charge in [-0.15, -0.1) is 0 Å². The van der Waals surface area contributed by atoms with E-state index in [1.54, 1.807) is 0 Å². The molecule has 0 spiro atoms. The van der Waals surface area contributed by atoms with Crippen molar-refractivity contribution < 1.29 is 0 Å². The number of hydrogen-bond acceptors (Lipinski definition) is 1. The van der Waals surface area contributed by atoms with Gasteiger partial charge in [-0.05, 0) is 73.7 Å². The molecule has 9 rings (SSSR count). The molecule has 0 saturated heterocycles. The van der Waals surface area contributed by atoms with E-state index in [-0.39, 0.29) is 0 Å². The summed E-state index contributed by atoms with van der Waals surface area (Å²) in [4.78, 5) is 2.65. The molecular weight excluding hydrogens is 525 g/mol. The van der Waals surface area contributed by atoms with E-state index in [0.29, 0.717) is 0 Å². The first-order chi connectivity index (χ1) is 20.8. The Kier molecular flexibility index (Phi) is 5.15. The number of benzene rings is 7. The van der Waals surface area contributed by atoms with E-state index in [0.717, 1.165) is 0 Å². The molecule has 7 aromatic carbocycles. The molecule has 42 heavy (non-hydrogen) atoms. The third kappa shape index (κ3) is 3.20. The molecule has 0 atom stereocenters. The second-order valence-electron chi connectivity index (χ2n) is 11.2. The van der Waals surface area contributed by atoms with Gasteiger partial charge in [-0.1, -0.05) is 151 Å². The van der Waals surface area contributed by atoms with Crippen molar-refractivity contribution in [2.24, 2.45) is 0 Å². The first kappa shape index (κ1) is 23.8. The molecule has 0 bridgehead atoms. The largest absolute Gasteiger partial charge is 0.0888 e. The lowest BCUT2D eigenvalue weighted by molar-refractivity contribution is 0.769. The summed E-state index contributed by atoms with van der Waals surface area (Å²) in [6, 6.07) is 58.5. The Hall–Kier alpha value is -4.85. The molecule has 0 aromatic heterocycles. The third-order valence-electron chi connectivity index (χ3n) is 9.15. The molecule has 2 aliphatic rings. The highest BCUT2D eigenvalue weighted by Crippen LogP contribution is 2.57. The number of rotatable bonds is 3. The fraction of sp³-hybridized carbons (Fsp3) is 0.0244. The lowest BCUT2D eigenvalue weighted by atomic mass is 9.67. The van der Waals surface area contributed by atoms with E-state index >= 15 is 0 Å². The van der Waals surface area contributed by atoms with E-state index in [2.05, 4.69) is 158 Å². The maximum Gasteiger partial charge on any atom is 0.0713 e. The van der Waals surface area contributed by atoms with Gasteiger partial charge in [0.15, 0.2) is 0 Å². The zero-order valence-corrected chi connectivity index (χ0v) is 23.7. The molecule has 196 valence electrons. The summed E-state index contributed by atoms with van der Waals surface area (Å²) in [5.74, 6) is 0. The van der Waals surface area contributed by atoms with Crippen molar-refractivity contribution in [3.05, 3.63) is 180 Å². The SMILES string of the molecule is c1ccc(C2(c3cccc(-c4cccc5c4-c4cccc6cccc(c46)S5)c3)c3ccccc3-c3ccccc32)cc1. The Balaban J connectivity index is 1.33. The molecule has 1 heterocycles. The second kappa shape index (κ2) is 9.08. The minimum absolute atomic E-state index is 0.402. The monoisotopic (exact) mass is 550 g/mol. The quantitative estimate of drug-likeness (QED) is 0.211. The Labute approximate surface area is 250 Å². The maximum absolute atomic E-state index is 2.45. The van der Waals surface area contributed by atoms with Gasteiger partial charge in [0.05, 0.1) is 5.41 Å². The molecule has 7 aromatic rings. The highest BCUT2D eigenvalue weighted by atomic mass is 32.2. The van der Waals surface area contributed by atoms with Crippen LogP contribution in [0.2, 0.25) is 0 Å². The summed E-state index contributed by atoms with van der Waals surface area (Å²) in [6.45, 7) is 0. The van der Waals surface area contributed by atoms with Crippen LogP contribution in [0, 0.1) is 0 Å². The molecule has 0 radical (unpaired) electrons. The Morgan fingerprint density at radius 2 is 0.976 bits per heavy atom. The number of fused-ring (bicyclic) bond motifs is 5. The van der Waals surface area contributed by atoms with Crippen LogP contribution in [0.3, 0.4) is 0 Å². The van der Waals surface area contributed by atoms with Crippen LogP contribution >= 0.6 is 11.8 Å². The molecule has 1 aliphatic carbocycles. The Morgan fingerprint density at radius 1 is 0.405 bits per heavy atom. The van der Waals surface area contributed by atoms with Gasteiger partial charge in [-0.25, -0.2) is 0 Å². The lowest BCUT2D eigenvalue weighted by Crippen LogP contribution is -2.28. The van der Waals surface area contributed by atoms with Crippen LogP contribution in [0.25, 0.3) is 44.2 Å². The minimum Gasteiger partial charge on any atom is -0.0888 e. The van der Waals surface area contributed by atoms with E-state index in [1.807, 2.05) is 11.8 Å². The fourth-order valence-electron chi connectivity index (χ4n) is 7.48. The van der Waals surface area contributed by atoms with Crippen LogP contribution in [-0.2, 0) is 5.41 Å². The average molecular weight is 551 g/mol. The van der Waals surface area contributed by atoms with Crippen molar-refractivity contribution in [2.45, 2.75) is 15.2 Å². The maximum atomic E-state index is 2.45. The molecule has 0 amide bonds. The zero-order chi connectivity index (χ0) is 27.7. The smallest absolute Gasteiger partial charge is 0.0713 e. The number of hydrogen-bond donors (Lipinski definition) is 0. The van der Waals surface area contributed by atoms with Gasteiger partial charge in [0, 0.05) is 20.7 Å². The van der Waals surface area contributed by atoms with Crippen molar-refractivity contribution in [1.29, 1.82) is 0 Å². The molecule has 1 heteroatoms. The first-order valence-electron chi connectivity index (χ1n) is 14.5. The standard InChI is InChI=1S/C41H26S/c1-2-15-29(16-3-1)41(35-22-6-4-18-32(35)33-19-5-7-23-36(33)41)30-17-8-14-28(26-30)31-20-11-25-38-40(31)34-21-9-12-27-13-10-24-37(42-38)39(27)34/h1-26H. The molecule has 0 N–H and O–H groups in total. The molecule has 0 nitrogen and oxygen atoms in total. The van der Waals surface area contributed by atoms with Crippen LogP contribution in [0.1, 0.15) is 22.3 Å². The molecule has 0 saturated carbocycles. The molecule has 0 unspecified atom stereocenters. The lowest BCUT2D eigenvalue weighted by Gasteiger charge is -2.34. The van der Waals surface area contributed by atoms with Gasteiger partial charge in [0.2, 0.25) is 0 Å². The Bertz CT molecular complexity index is 2120. The van der Waals surface area contributed by atoms with E-state index in [1.165, 1.54) is 76.2 Å². The van der Waals surface area contributed by atoms with Crippen molar-refractivity contribution in [3.63, 3.8) is 0 Å². The van der Waals surface area contributed by atoms with Gasteiger partial charge in [0.25, 0.3) is 0 Å². The van der Waals surface area contributed by atoms with Crippen LogP contribution in [0.5, 0.6) is 0 Å². The first-order valence-corrected chi connectivity index (χ1v) is 15.3. The normalized spacial score (nSPS) is 13.8. The Morgan fingerprint density at radius 3 is 1.76 bits per heavy atom. The average Bonchev–Trinajstić information content (AvgIpc) is 3.36. The van der Waals surface area contributed by atoms with E-state index in [4.69, 9.17) is 0 Å². The summed E-state index contributed by atoms with van der Waals surface area (Å²) in [7, 11) is 0. The summed E-state index contributed by atoms with van der Waals surface area (Å²) in [5, 5.41) is 2.66. The van der Waals surface area contributed by atoms with Crippen molar-refractivity contribution in [1.82, 2.24) is 0 Å². The third-order valence-corrected chi connectivity index (χ3v) is 10.3. The molecule has 0 fully saturated rings. The van der Waals surface area contributed by atoms with Gasteiger partial charge in [-0.2, -0.15) is 0 Å². The minimum atomic E-state index is -0.402. The molecule has 1 aliphatic heterocycles. The van der Waals surface area contributed by atoms with Crippen LogP contribution in [0.15, 0.2) is 168 Å². The van der Waals surface area contributed by atoms with Crippen LogP contribution in [0.4, 0.5) is 0 Å². The predicted octanol–water partition coefficient (Wildman–Crippen LogP) is 11.0. The topological polar surface area (TPSA) is 0 Å². The summed E-state index contributed by atoms with van der Waals surface area (Å²) < 4.78 is 0. The zero-order valence-electron chi connectivity index (χ0n) is 22.9. The van der Waals surface area contributed by atoms with E-state index in [9.17, 15) is 0 Å². The van der Waals surface area contributed by atoms with Gasteiger partial charge >= 0.3 is 0 Å². The van der Waals surface area contributed by atoms with Crippen LogP contribution in [-0.4, -0.2) is 0 Å². The predicted molar refractivity (Wildman–Crippen MR) is 176 cm³/mol. The molecular formula is C41H26S. The summed E-state index contributed by atoms with van der Waals surface area (Å²) >= 11 is 1.89. The fourth-order valence-corrected chi connectivity index (χ4v) is 8.67. The van der Waals surface area contributed by atoms with Crippen LogP contribution < -0.4 is 0 Å².